The van der Waals surface area contributed by atoms with Crippen LogP contribution in [0.15, 0.2) is 79.1 Å². The fraction of sp³-hybridized carbons (Fsp3) is 0.0435. The Morgan fingerprint density at radius 3 is 2.00 bits per heavy atom. The fourth-order valence-electron chi connectivity index (χ4n) is 2.82. The van der Waals surface area contributed by atoms with Crippen molar-refractivity contribution in [1.29, 1.82) is 0 Å². The third-order valence-corrected chi connectivity index (χ3v) is 4.38. The van der Waals surface area contributed by atoms with E-state index < -0.39 is 17.7 Å². The molecule has 2 aromatic carbocycles. The lowest BCUT2D eigenvalue weighted by atomic mass is 10.0. The van der Waals surface area contributed by atoms with Gasteiger partial charge >= 0.3 is 6.18 Å². The van der Waals surface area contributed by atoms with Crippen LogP contribution in [0.25, 0.3) is 11.4 Å². The van der Waals surface area contributed by atoms with Gasteiger partial charge in [0.05, 0.1) is 0 Å². The molecule has 2 aromatic heterocycles. The van der Waals surface area contributed by atoms with E-state index in [9.17, 15) is 22.4 Å². The summed E-state index contributed by atoms with van der Waals surface area (Å²) < 4.78 is 58.5. The number of carbonyl (C=O) groups is 1. The zero-order valence-electron chi connectivity index (χ0n) is 16.2. The first-order chi connectivity index (χ1) is 15.3. The van der Waals surface area contributed by atoms with Gasteiger partial charge in [0.2, 0.25) is 5.88 Å². The summed E-state index contributed by atoms with van der Waals surface area (Å²) in [5.74, 6) is -1.09. The number of hydrogen-bond acceptors (Lipinski definition) is 5. The number of alkyl halides is 3. The molecule has 0 unspecified atom stereocenters. The molecule has 0 amide bonds. The fourth-order valence-corrected chi connectivity index (χ4v) is 2.82. The Kier molecular flexibility index (Phi) is 5.63. The molecule has 0 atom stereocenters. The first-order valence-electron chi connectivity index (χ1n) is 9.24. The molecule has 9 heteroatoms. The summed E-state index contributed by atoms with van der Waals surface area (Å²) in [6.07, 6.45) is -1.87. The van der Waals surface area contributed by atoms with Crippen molar-refractivity contribution in [3.63, 3.8) is 0 Å². The Morgan fingerprint density at radius 2 is 1.41 bits per heavy atom. The highest BCUT2D eigenvalue weighted by molar-refractivity contribution is 6.09. The van der Waals surface area contributed by atoms with Crippen molar-refractivity contribution in [1.82, 2.24) is 15.0 Å². The van der Waals surface area contributed by atoms with Crippen LogP contribution >= 0.6 is 0 Å². The first-order valence-corrected chi connectivity index (χ1v) is 9.24. The first kappa shape index (κ1) is 21.1. The Labute approximate surface area is 179 Å². The molecule has 0 aliphatic rings. The average molecular weight is 439 g/mol. The van der Waals surface area contributed by atoms with Crippen molar-refractivity contribution in [2.45, 2.75) is 6.18 Å². The van der Waals surface area contributed by atoms with E-state index in [1.165, 1.54) is 73.1 Å². The maximum Gasteiger partial charge on any atom is 0.433 e. The van der Waals surface area contributed by atoms with E-state index in [4.69, 9.17) is 4.74 Å². The largest absolute Gasteiger partial charge is 0.439 e. The minimum Gasteiger partial charge on any atom is -0.439 e. The van der Waals surface area contributed by atoms with Gasteiger partial charge in [-0.1, -0.05) is 0 Å². The summed E-state index contributed by atoms with van der Waals surface area (Å²) >= 11 is 0. The van der Waals surface area contributed by atoms with Crippen LogP contribution < -0.4 is 4.74 Å². The number of carbonyl (C=O) groups excluding carboxylic acids is 1. The quantitative estimate of drug-likeness (QED) is 0.294. The van der Waals surface area contributed by atoms with Gasteiger partial charge in [-0.2, -0.15) is 18.2 Å². The van der Waals surface area contributed by atoms with Gasteiger partial charge in [0.1, 0.15) is 11.6 Å². The second-order valence-electron chi connectivity index (χ2n) is 6.61. The van der Waals surface area contributed by atoms with Gasteiger partial charge < -0.3 is 4.74 Å². The molecular formula is C23H13F4N3O2. The highest BCUT2D eigenvalue weighted by Crippen LogP contribution is 2.32. The van der Waals surface area contributed by atoms with Crippen LogP contribution in [0.2, 0.25) is 0 Å². The van der Waals surface area contributed by atoms with Gasteiger partial charge in [-0.15, -0.1) is 0 Å². The minimum absolute atomic E-state index is 0.166. The van der Waals surface area contributed by atoms with Crippen molar-refractivity contribution in [2.24, 2.45) is 0 Å². The predicted molar refractivity (Wildman–Crippen MR) is 107 cm³/mol. The Balaban J connectivity index is 1.61. The lowest BCUT2D eigenvalue weighted by Crippen LogP contribution is -2.10. The third kappa shape index (κ3) is 4.77. The number of rotatable bonds is 5. The lowest BCUT2D eigenvalue weighted by Gasteiger charge is -2.11. The van der Waals surface area contributed by atoms with E-state index in [0.29, 0.717) is 22.8 Å². The van der Waals surface area contributed by atoms with E-state index >= 15 is 0 Å². The molecule has 4 aromatic rings. The molecule has 32 heavy (non-hydrogen) atoms. The van der Waals surface area contributed by atoms with Crippen LogP contribution in [0.4, 0.5) is 17.6 Å². The van der Waals surface area contributed by atoms with Gasteiger partial charge in [0, 0.05) is 35.2 Å². The summed E-state index contributed by atoms with van der Waals surface area (Å²) in [4.78, 5) is 23.9. The average Bonchev–Trinajstić information content (AvgIpc) is 2.79. The summed E-state index contributed by atoms with van der Waals surface area (Å²) in [6, 6.07) is 14.5. The maximum atomic E-state index is 13.3. The van der Waals surface area contributed by atoms with Crippen LogP contribution in [0.1, 0.15) is 21.6 Å². The number of pyridine rings is 1. The van der Waals surface area contributed by atoms with E-state index in [2.05, 4.69) is 15.0 Å². The maximum absolute atomic E-state index is 13.3. The van der Waals surface area contributed by atoms with Crippen LogP contribution in [0.5, 0.6) is 11.6 Å². The van der Waals surface area contributed by atoms with Crippen molar-refractivity contribution in [2.75, 3.05) is 0 Å². The van der Waals surface area contributed by atoms with Crippen LogP contribution in [0, 0.1) is 5.82 Å². The molecule has 0 spiro atoms. The molecule has 2 heterocycles. The molecule has 0 aliphatic heterocycles. The van der Waals surface area contributed by atoms with Gasteiger partial charge in [-0.25, -0.2) is 9.37 Å². The summed E-state index contributed by atoms with van der Waals surface area (Å²) in [6.45, 7) is 0. The van der Waals surface area contributed by atoms with E-state index in [1.54, 1.807) is 0 Å². The van der Waals surface area contributed by atoms with Crippen LogP contribution in [-0.4, -0.2) is 20.7 Å². The second kappa shape index (κ2) is 8.54. The number of nitrogens with zero attached hydrogens (tertiary/aromatic N) is 3. The zero-order valence-corrected chi connectivity index (χ0v) is 16.2. The second-order valence-corrected chi connectivity index (χ2v) is 6.61. The van der Waals surface area contributed by atoms with E-state index in [1.807, 2.05) is 0 Å². The van der Waals surface area contributed by atoms with Crippen molar-refractivity contribution >= 4 is 5.78 Å². The Hall–Kier alpha value is -4.14. The lowest BCUT2D eigenvalue weighted by molar-refractivity contribution is -0.141. The minimum atomic E-state index is -4.70. The monoisotopic (exact) mass is 439 g/mol. The molecular weight excluding hydrogens is 426 g/mol. The highest BCUT2D eigenvalue weighted by Gasteiger charge is 2.34. The molecule has 4 rings (SSSR count). The van der Waals surface area contributed by atoms with Gasteiger partial charge in [-0.3, -0.25) is 9.78 Å². The molecule has 0 fully saturated rings. The van der Waals surface area contributed by atoms with Crippen molar-refractivity contribution < 1.29 is 27.1 Å². The number of aromatic nitrogens is 3. The van der Waals surface area contributed by atoms with Gasteiger partial charge in [-0.05, 0) is 60.7 Å². The number of halogens is 4. The van der Waals surface area contributed by atoms with Gasteiger partial charge in [0.15, 0.2) is 17.3 Å². The van der Waals surface area contributed by atoms with Crippen molar-refractivity contribution in [3.05, 3.63) is 102 Å². The third-order valence-electron chi connectivity index (χ3n) is 4.38. The summed E-state index contributed by atoms with van der Waals surface area (Å²) in [5, 5.41) is 0. The smallest absolute Gasteiger partial charge is 0.433 e. The highest BCUT2D eigenvalue weighted by atomic mass is 19.4. The molecule has 0 bridgehead atoms. The SMILES string of the molecule is O=C(c1ccc(F)cc1)c1ccc(Oc2cc(C(F)(F)F)nc(-c3ccncc3)n2)cc1. The standard InChI is InChI=1S/C23H13F4N3O2/c24-17-5-1-14(2-6-17)21(31)15-3-7-18(8-4-15)32-20-13-19(23(25,26)27)29-22(30-20)16-9-11-28-12-10-16/h1-13H. The predicted octanol–water partition coefficient (Wildman–Crippen LogP) is 5.72. The molecule has 5 nitrogen and oxygen atoms in total. The van der Waals surface area contributed by atoms with E-state index in [-0.39, 0.29) is 23.2 Å². The number of ketones is 1. The number of hydrogen-bond donors (Lipinski definition) is 0. The zero-order chi connectivity index (χ0) is 22.7. The van der Waals surface area contributed by atoms with Crippen LogP contribution in [-0.2, 0) is 6.18 Å². The Bertz CT molecular complexity index is 1240. The normalized spacial score (nSPS) is 11.2. The molecule has 0 N–H and O–H groups in total. The topological polar surface area (TPSA) is 65.0 Å². The molecule has 0 aliphatic carbocycles. The van der Waals surface area contributed by atoms with E-state index in [0.717, 1.165) is 0 Å². The molecule has 0 saturated heterocycles. The Morgan fingerprint density at radius 1 is 0.812 bits per heavy atom. The van der Waals surface area contributed by atoms with Gasteiger partial charge in [0.25, 0.3) is 0 Å². The summed E-state index contributed by atoms with van der Waals surface area (Å²) in [5.41, 5.74) is -0.207. The molecule has 0 saturated carbocycles. The number of benzene rings is 2. The molecule has 0 radical (unpaired) electrons. The van der Waals surface area contributed by atoms with Crippen molar-refractivity contribution in [3.8, 4) is 23.0 Å². The summed E-state index contributed by atoms with van der Waals surface area (Å²) in [7, 11) is 0. The molecule has 160 valence electrons. The number of ether oxygens (including phenoxy) is 1. The van der Waals surface area contributed by atoms with Crippen LogP contribution in [0.3, 0.4) is 0 Å².